The summed E-state index contributed by atoms with van der Waals surface area (Å²) in [7, 11) is 1.61. The quantitative estimate of drug-likeness (QED) is 0.259. The summed E-state index contributed by atoms with van der Waals surface area (Å²) in [6, 6.07) is 22.9. The zero-order chi connectivity index (χ0) is 24.1. The summed E-state index contributed by atoms with van der Waals surface area (Å²) >= 11 is 11.8. The predicted octanol–water partition coefficient (Wildman–Crippen LogP) is 6.08. The van der Waals surface area contributed by atoms with Crippen molar-refractivity contribution in [1.82, 2.24) is 14.8 Å². The summed E-state index contributed by atoms with van der Waals surface area (Å²) in [6.07, 6.45) is 0. The van der Waals surface area contributed by atoms with Crippen LogP contribution in [0.25, 0.3) is 11.4 Å². The number of halogens is 1. The lowest BCUT2D eigenvalue weighted by atomic mass is 10.1. The highest BCUT2D eigenvalue weighted by atomic mass is 35.5. The van der Waals surface area contributed by atoms with Crippen LogP contribution in [0.5, 0.6) is 5.75 Å². The molecular formula is C25H24ClN5O2S. The van der Waals surface area contributed by atoms with Crippen LogP contribution >= 0.6 is 23.8 Å². The van der Waals surface area contributed by atoms with Gasteiger partial charge in [0.25, 0.3) is 0 Å². The summed E-state index contributed by atoms with van der Waals surface area (Å²) in [5.41, 5.74) is 3.34. The number of ether oxygens (including phenoxy) is 1. The number of nitrogens with zero attached hydrogens (tertiary/aromatic N) is 2. The molecule has 0 fully saturated rings. The molecule has 3 N–H and O–H groups in total. The van der Waals surface area contributed by atoms with Gasteiger partial charge in [-0.3, -0.25) is 14.5 Å². The number of aromatic amines is 1. The number of amides is 1. The molecule has 0 saturated heterocycles. The molecule has 0 radical (unpaired) electrons. The zero-order valence-corrected chi connectivity index (χ0v) is 20.3. The van der Waals surface area contributed by atoms with E-state index in [2.05, 4.69) is 39.9 Å². The van der Waals surface area contributed by atoms with Crippen molar-refractivity contribution in [3.63, 3.8) is 0 Å². The van der Waals surface area contributed by atoms with E-state index in [0.29, 0.717) is 21.3 Å². The van der Waals surface area contributed by atoms with Gasteiger partial charge in [0.15, 0.2) is 10.6 Å². The topological polar surface area (TPSA) is 84.0 Å². The third-order valence-electron chi connectivity index (χ3n) is 5.33. The molecule has 0 bridgehead atoms. The summed E-state index contributed by atoms with van der Waals surface area (Å²) in [6.45, 7) is 2.07. The molecule has 1 atom stereocenters. The first-order valence-corrected chi connectivity index (χ1v) is 11.4. The Balaban J connectivity index is 1.44. The number of carbonyl (C=O) groups excluding carboxylic acids is 1. The predicted molar refractivity (Wildman–Crippen MR) is 138 cm³/mol. The van der Waals surface area contributed by atoms with Gasteiger partial charge < -0.3 is 15.4 Å². The largest absolute Gasteiger partial charge is 0.497 e. The number of anilines is 2. The minimum absolute atomic E-state index is 0.000637. The summed E-state index contributed by atoms with van der Waals surface area (Å²) in [5, 5.41) is 13.8. The van der Waals surface area contributed by atoms with Gasteiger partial charge in [0.1, 0.15) is 12.3 Å². The highest BCUT2D eigenvalue weighted by Gasteiger charge is 2.14. The van der Waals surface area contributed by atoms with Gasteiger partial charge in [0, 0.05) is 17.3 Å². The van der Waals surface area contributed by atoms with E-state index in [1.807, 2.05) is 54.6 Å². The second-order valence-electron chi connectivity index (χ2n) is 7.69. The number of methoxy groups -OCH3 is 1. The Hall–Kier alpha value is -3.62. The van der Waals surface area contributed by atoms with E-state index < -0.39 is 0 Å². The highest BCUT2D eigenvalue weighted by molar-refractivity contribution is 7.71. The van der Waals surface area contributed by atoms with E-state index >= 15 is 0 Å². The van der Waals surface area contributed by atoms with E-state index in [4.69, 9.17) is 28.6 Å². The lowest BCUT2D eigenvalue weighted by Crippen LogP contribution is -2.19. The minimum atomic E-state index is -0.248. The van der Waals surface area contributed by atoms with Crippen molar-refractivity contribution < 1.29 is 9.53 Å². The Morgan fingerprint density at radius 3 is 2.56 bits per heavy atom. The number of nitrogens with one attached hydrogen (secondary N) is 3. The van der Waals surface area contributed by atoms with Gasteiger partial charge in [-0.25, -0.2) is 0 Å². The highest BCUT2D eigenvalue weighted by Crippen LogP contribution is 2.29. The number of hydrogen-bond acceptors (Lipinski definition) is 5. The zero-order valence-electron chi connectivity index (χ0n) is 18.7. The number of rotatable bonds is 8. The molecule has 1 aromatic heterocycles. The molecule has 0 spiro atoms. The Morgan fingerprint density at radius 2 is 1.88 bits per heavy atom. The maximum Gasteiger partial charge on any atom is 0.244 e. The molecule has 0 aliphatic heterocycles. The third kappa shape index (κ3) is 5.47. The Bertz CT molecular complexity index is 1340. The van der Waals surface area contributed by atoms with Gasteiger partial charge in [-0.1, -0.05) is 41.9 Å². The molecule has 1 heterocycles. The van der Waals surface area contributed by atoms with Crippen LogP contribution in [0.3, 0.4) is 0 Å². The van der Waals surface area contributed by atoms with Crippen molar-refractivity contribution in [2.75, 3.05) is 17.7 Å². The lowest BCUT2D eigenvalue weighted by Gasteiger charge is -2.17. The summed E-state index contributed by atoms with van der Waals surface area (Å²) < 4.78 is 7.20. The molecule has 4 rings (SSSR count). The van der Waals surface area contributed by atoms with Gasteiger partial charge in [-0.15, -0.1) is 0 Å². The Labute approximate surface area is 207 Å². The summed E-state index contributed by atoms with van der Waals surface area (Å²) in [4.78, 5) is 12.8. The normalized spacial score (nSPS) is 11.6. The monoisotopic (exact) mass is 493 g/mol. The number of benzene rings is 3. The molecule has 174 valence electrons. The fourth-order valence-electron chi connectivity index (χ4n) is 3.54. The first-order chi connectivity index (χ1) is 16.4. The van der Waals surface area contributed by atoms with Crippen molar-refractivity contribution in [2.24, 2.45) is 0 Å². The van der Waals surface area contributed by atoms with Gasteiger partial charge in [0.05, 0.1) is 17.8 Å². The van der Waals surface area contributed by atoms with Crippen molar-refractivity contribution >= 4 is 41.1 Å². The molecule has 9 heteroatoms. The standard InChI is InChI=1S/C25H24ClN5O2S/c1-16(17-6-4-3-5-7-17)27-22-13-10-19(14-21(22)26)28-23(32)15-31-24(29-30-25(31)34)18-8-11-20(33-2)12-9-18/h3-14,16,27H,15H2,1-2H3,(H,28,32)(H,30,34). The Kier molecular flexibility index (Phi) is 7.30. The van der Waals surface area contributed by atoms with Crippen LogP contribution in [-0.4, -0.2) is 27.8 Å². The van der Waals surface area contributed by atoms with E-state index in [1.54, 1.807) is 17.7 Å². The molecule has 1 amide bonds. The first-order valence-electron chi connectivity index (χ1n) is 10.6. The fraction of sp³-hybridized carbons (Fsp3) is 0.160. The van der Waals surface area contributed by atoms with Crippen molar-refractivity contribution in [2.45, 2.75) is 19.5 Å². The number of carbonyl (C=O) groups is 1. The van der Waals surface area contributed by atoms with Crippen molar-refractivity contribution in [3.8, 4) is 17.1 Å². The second-order valence-corrected chi connectivity index (χ2v) is 8.48. The molecule has 7 nitrogen and oxygen atoms in total. The maximum atomic E-state index is 12.8. The smallest absolute Gasteiger partial charge is 0.244 e. The van der Waals surface area contributed by atoms with Crippen molar-refractivity contribution in [3.05, 3.63) is 88.2 Å². The average Bonchev–Trinajstić information content (AvgIpc) is 3.21. The molecule has 0 aliphatic rings. The van der Waals surface area contributed by atoms with E-state index in [-0.39, 0.29) is 18.5 Å². The average molecular weight is 494 g/mol. The Morgan fingerprint density at radius 1 is 1.15 bits per heavy atom. The van der Waals surface area contributed by atoms with Gasteiger partial charge in [0.2, 0.25) is 5.91 Å². The van der Waals surface area contributed by atoms with E-state index in [1.165, 1.54) is 0 Å². The maximum absolute atomic E-state index is 12.8. The molecule has 3 aromatic carbocycles. The lowest BCUT2D eigenvalue weighted by molar-refractivity contribution is -0.116. The molecule has 0 aliphatic carbocycles. The molecular weight excluding hydrogens is 470 g/mol. The van der Waals surface area contributed by atoms with Crippen LogP contribution in [0.15, 0.2) is 72.8 Å². The minimum Gasteiger partial charge on any atom is -0.497 e. The van der Waals surface area contributed by atoms with Gasteiger partial charge in [-0.2, -0.15) is 5.10 Å². The van der Waals surface area contributed by atoms with Gasteiger partial charge >= 0.3 is 0 Å². The number of hydrogen-bond donors (Lipinski definition) is 3. The number of H-pyrrole nitrogens is 1. The van der Waals surface area contributed by atoms with Crippen LogP contribution in [0.2, 0.25) is 5.02 Å². The molecule has 1 unspecified atom stereocenters. The SMILES string of the molecule is COc1ccc(-c2n[nH]c(=S)n2CC(=O)Nc2ccc(NC(C)c3ccccc3)c(Cl)c2)cc1. The molecule has 4 aromatic rings. The third-order valence-corrected chi connectivity index (χ3v) is 5.96. The molecule has 0 saturated carbocycles. The summed E-state index contributed by atoms with van der Waals surface area (Å²) in [5.74, 6) is 1.05. The first kappa shape index (κ1) is 23.5. The van der Waals surface area contributed by atoms with Crippen LogP contribution in [0.4, 0.5) is 11.4 Å². The fourth-order valence-corrected chi connectivity index (χ4v) is 3.97. The number of aromatic nitrogens is 3. The van der Waals surface area contributed by atoms with Crippen LogP contribution in [-0.2, 0) is 11.3 Å². The molecule has 34 heavy (non-hydrogen) atoms. The second kappa shape index (κ2) is 10.5. The van der Waals surface area contributed by atoms with Crippen molar-refractivity contribution in [1.29, 1.82) is 0 Å². The van der Waals surface area contributed by atoms with Gasteiger partial charge in [-0.05, 0) is 67.2 Å². The van der Waals surface area contributed by atoms with E-state index in [9.17, 15) is 4.79 Å². The van der Waals surface area contributed by atoms with E-state index in [0.717, 1.165) is 22.6 Å². The van der Waals surface area contributed by atoms with Crippen LogP contribution in [0, 0.1) is 4.77 Å². The van der Waals surface area contributed by atoms with Crippen LogP contribution < -0.4 is 15.4 Å². The van der Waals surface area contributed by atoms with Crippen LogP contribution in [0.1, 0.15) is 18.5 Å².